The van der Waals surface area contributed by atoms with E-state index in [0.29, 0.717) is 4.47 Å². The lowest BCUT2D eigenvalue weighted by Gasteiger charge is -2.16. The summed E-state index contributed by atoms with van der Waals surface area (Å²) in [6, 6.07) is 4.45. The normalized spacial score (nSPS) is 15.7. The molecule has 0 amide bonds. The third-order valence-corrected chi connectivity index (χ3v) is 3.35. The highest BCUT2D eigenvalue weighted by molar-refractivity contribution is 9.10. The van der Waals surface area contributed by atoms with Crippen molar-refractivity contribution in [1.29, 1.82) is 0 Å². The molecule has 0 aliphatic heterocycles. The molecule has 1 aromatic carbocycles. The van der Waals surface area contributed by atoms with Crippen molar-refractivity contribution >= 4 is 27.6 Å². The number of rotatable bonds is 5. The minimum atomic E-state index is -0.773. The first kappa shape index (κ1) is 13.8. The molecule has 0 spiro atoms. The van der Waals surface area contributed by atoms with Crippen molar-refractivity contribution in [2.75, 3.05) is 7.11 Å². The van der Waals surface area contributed by atoms with Crippen LogP contribution in [0.15, 0.2) is 22.7 Å². The lowest BCUT2D eigenvalue weighted by atomic mass is 10.2. The SMILES string of the molecule is COC(=O)C(Oc1ccc(Br)cc1[N+](=O)[O-])C1CC1. The zero-order valence-corrected chi connectivity index (χ0v) is 11.8. The van der Waals surface area contributed by atoms with Gasteiger partial charge in [-0.25, -0.2) is 4.79 Å². The first-order valence-corrected chi connectivity index (χ1v) is 6.50. The lowest BCUT2D eigenvalue weighted by Crippen LogP contribution is -2.30. The van der Waals surface area contributed by atoms with Gasteiger partial charge < -0.3 is 9.47 Å². The van der Waals surface area contributed by atoms with Gasteiger partial charge in [-0.1, -0.05) is 15.9 Å². The molecule has 1 saturated carbocycles. The first-order valence-electron chi connectivity index (χ1n) is 5.71. The second-order valence-corrected chi connectivity index (χ2v) is 5.18. The fourth-order valence-corrected chi connectivity index (χ4v) is 2.07. The molecule has 1 atom stereocenters. The first-order chi connectivity index (χ1) is 9.02. The van der Waals surface area contributed by atoms with Crippen molar-refractivity contribution < 1.29 is 19.2 Å². The third-order valence-electron chi connectivity index (χ3n) is 2.86. The number of halogens is 1. The molecule has 6 nitrogen and oxygen atoms in total. The van der Waals surface area contributed by atoms with Crippen LogP contribution in [0.3, 0.4) is 0 Å². The van der Waals surface area contributed by atoms with Gasteiger partial charge in [0.1, 0.15) is 0 Å². The average molecular weight is 330 g/mol. The maximum Gasteiger partial charge on any atom is 0.347 e. The Kier molecular flexibility index (Phi) is 4.04. The minimum absolute atomic E-state index is 0.0792. The Bertz CT molecular complexity index is 515. The van der Waals surface area contributed by atoms with Crippen molar-refractivity contribution in [2.45, 2.75) is 18.9 Å². The van der Waals surface area contributed by atoms with Crippen LogP contribution in [0.25, 0.3) is 0 Å². The standard InChI is InChI=1S/C12H12BrNO5/c1-18-12(15)11(7-2-3-7)19-10-5-4-8(13)6-9(10)14(16)17/h4-7,11H,2-3H2,1H3. The number of carbonyl (C=O) groups excluding carboxylic acids is 1. The summed E-state index contributed by atoms with van der Waals surface area (Å²) in [5.41, 5.74) is -0.177. The van der Waals surface area contributed by atoms with E-state index in [1.54, 1.807) is 6.07 Å². The van der Waals surface area contributed by atoms with Gasteiger partial charge >= 0.3 is 11.7 Å². The summed E-state index contributed by atoms with van der Waals surface area (Å²) in [5.74, 6) is -0.342. The Morgan fingerprint density at radius 3 is 2.74 bits per heavy atom. The molecule has 19 heavy (non-hydrogen) atoms. The Hall–Kier alpha value is -1.63. The quantitative estimate of drug-likeness (QED) is 0.471. The van der Waals surface area contributed by atoms with Crippen molar-refractivity contribution in [3.05, 3.63) is 32.8 Å². The van der Waals surface area contributed by atoms with Gasteiger partial charge in [-0.3, -0.25) is 10.1 Å². The summed E-state index contributed by atoms with van der Waals surface area (Å²) in [5, 5.41) is 11.0. The third kappa shape index (κ3) is 3.23. The van der Waals surface area contributed by atoms with Crippen molar-refractivity contribution in [3.63, 3.8) is 0 Å². The smallest absolute Gasteiger partial charge is 0.347 e. The Balaban J connectivity index is 2.26. The van der Waals surface area contributed by atoms with E-state index in [4.69, 9.17) is 4.74 Å². The highest BCUT2D eigenvalue weighted by atomic mass is 79.9. The number of nitrogens with zero attached hydrogens (tertiary/aromatic N) is 1. The van der Waals surface area contributed by atoms with Gasteiger partial charge in [-0.05, 0) is 25.0 Å². The Morgan fingerprint density at radius 1 is 1.53 bits per heavy atom. The van der Waals surface area contributed by atoms with Crippen molar-refractivity contribution in [3.8, 4) is 5.75 Å². The van der Waals surface area contributed by atoms with E-state index < -0.39 is 17.0 Å². The monoisotopic (exact) mass is 329 g/mol. The molecule has 0 bridgehead atoms. The van der Waals surface area contributed by atoms with E-state index in [9.17, 15) is 14.9 Å². The molecular formula is C12H12BrNO5. The van der Waals surface area contributed by atoms with Gasteiger partial charge in [0, 0.05) is 16.5 Å². The molecule has 102 valence electrons. The maximum absolute atomic E-state index is 11.6. The molecule has 1 fully saturated rings. The van der Waals surface area contributed by atoms with Crippen LogP contribution < -0.4 is 4.74 Å². The van der Waals surface area contributed by atoms with Gasteiger partial charge in [0.2, 0.25) is 0 Å². The molecule has 0 aromatic heterocycles. The second kappa shape index (κ2) is 5.56. The highest BCUT2D eigenvalue weighted by Gasteiger charge is 2.40. The molecule has 1 aliphatic rings. The summed E-state index contributed by atoms with van der Waals surface area (Å²) in [4.78, 5) is 22.0. The molecule has 1 aromatic rings. The van der Waals surface area contributed by atoms with E-state index >= 15 is 0 Å². The van der Waals surface area contributed by atoms with Crippen molar-refractivity contribution in [2.24, 2.45) is 5.92 Å². The summed E-state index contributed by atoms with van der Waals surface area (Å²) in [6.07, 6.45) is 0.957. The molecule has 2 rings (SSSR count). The number of hydrogen-bond donors (Lipinski definition) is 0. The zero-order valence-electron chi connectivity index (χ0n) is 10.2. The number of hydrogen-bond acceptors (Lipinski definition) is 5. The minimum Gasteiger partial charge on any atom is -0.471 e. The van der Waals surface area contributed by atoms with Crippen LogP contribution in [-0.4, -0.2) is 24.1 Å². The Morgan fingerprint density at radius 2 is 2.21 bits per heavy atom. The summed E-state index contributed by atoms with van der Waals surface area (Å²) in [7, 11) is 1.27. The fraction of sp³-hybridized carbons (Fsp3) is 0.417. The van der Waals surface area contributed by atoms with Crippen LogP contribution in [0.1, 0.15) is 12.8 Å². The van der Waals surface area contributed by atoms with Gasteiger partial charge in [0.15, 0.2) is 11.9 Å². The predicted molar refractivity (Wildman–Crippen MR) is 70.0 cm³/mol. The van der Waals surface area contributed by atoms with Crippen LogP contribution in [0.5, 0.6) is 5.75 Å². The van der Waals surface area contributed by atoms with Gasteiger partial charge in [-0.15, -0.1) is 0 Å². The van der Waals surface area contributed by atoms with Gasteiger partial charge in [0.25, 0.3) is 0 Å². The van der Waals surface area contributed by atoms with Crippen LogP contribution in [0.2, 0.25) is 0 Å². The predicted octanol–water partition coefficient (Wildman–Crippen LogP) is 2.69. The number of carbonyl (C=O) groups is 1. The maximum atomic E-state index is 11.6. The molecule has 1 aliphatic carbocycles. The average Bonchev–Trinajstić information content (AvgIpc) is 3.20. The number of methoxy groups -OCH3 is 1. The number of esters is 1. The van der Waals surface area contributed by atoms with E-state index in [1.165, 1.54) is 19.2 Å². The van der Waals surface area contributed by atoms with Crippen LogP contribution in [-0.2, 0) is 9.53 Å². The fourth-order valence-electron chi connectivity index (χ4n) is 1.72. The van der Waals surface area contributed by atoms with E-state index in [1.807, 2.05) is 0 Å². The molecule has 0 saturated heterocycles. The van der Waals surface area contributed by atoms with Gasteiger partial charge in [-0.2, -0.15) is 0 Å². The number of nitro groups is 1. The largest absolute Gasteiger partial charge is 0.471 e. The molecule has 0 heterocycles. The topological polar surface area (TPSA) is 78.7 Å². The molecule has 1 unspecified atom stereocenters. The second-order valence-electron chi connectivity index (χ2n) is 4.27. The molecule has 7 heteroatoms. The lowest BCUT2D eigenvalue weighted by molar-refractivity contribution is -0.386. The van der Waals surface area contributed by atoms with E-state index in [2.05, 4.69) is 20.7 Å². The highest BCUT2D eigenvalue weighted by Crippen LogP contribution is 2.38. The van der Waals surface area contributed by atoms with Crippen LogP contribution in [0, 0.1) is 16.0 Å². The van der Waals surface area contributed by atoms with E-state index in [-0.39, 0.29) is 17.4 Å². The Labute approximate surface area is 118 Å². The summed E-state index contributed by atoms with van der Waals surface area (Å²) >= 11 is 3.16. The van der Waals surface area contributed by atoms with Gasteiger partial charge in [0.05, 0.1) is 12.0 Å². The number of ether oxygens (including phenoxy) is 2. The summed E-state index contributed by atoms with van der Waals surface area (Å²) in [6.45, 7) is 0. The van der Waals surface area contributed by atoms with Crippen LogP contribution >= 0.6 is 15.9 Å². The number of benzene rings is 1. The van der Waals surface area contributed by atoms with Crippen LogP contribution in [0.4, 0.5) is 5.69 Å². The van der Waals surface area contributed by atoms with E-state index in [0.717, 1.165) is 12.8 Å². The number of nitro benzene ring substituents is 1. The zero-order chi connectivity index (χ0) is 14.0. The van der Waals surface area contributed by atoms with Crippen molar-refractivity contribution in [1.82, 2.24) is 0 Å². The summed E-state index contributed by atoms with van der Waals surface area (Å²) < 4.78 is 10.7. The molecular weight excluding hydrogens is 318 g/mol. The molecule has 0 radical (unpaired) electrons. The molecule has 0 N–H and O–H groups in total.